The number of esters is 1. The maximum atomic E-state index is 13.2. The normalized spacial score (nSPS) is 11.4. The number of rotatable bonds is 4. The Morgan fingerprint density at radius 3 is 2.80 bits per heavy atom. The van der Waals surface area contributed by atoms with Gasteiger partial charge in [0.05, 0.1) is 24.9 Å². The number of halogens is 3. The number of hydrogen-bond acceptors (Lipinski definition) is 3. The maximum Gasteiger partial charge on any atom is 0.330 e. The number of benzene rings is 2. The highest BCUT2D eigenvalue weighted by molar-refractivity contribution is 6.31. The van der Waals surface area contributed by atoms with Crippen LogP contribution in [-0.4, -0.2) is 22.9 Å². The molecule has 0 unspecified atom stereocenters. The van der Waals surface area contributed by atoms with Gasteiger partial charge >= 0.3 is 5.97 Å². The summed E-state index contributed by atoms with van der Waals surface area (Å²) in [5, 5.41) is 6.20. The zero-order chi connectivity index (χ0) is 18.0. The first-order valence-corrected chi connectivity index (χ1v) is 8.09. The van der Waals surface area contributed by atoms with Gasteiger partial charge in [-0.25, -0.2) is 9.18 Å². The van der Waals surface area contributed by atoms with E-state index < -0.39 is 11.8 Å². The Hall–Kier alpha value is -2.37. The topological polar surface area (TPSA) is 44.1 Å². The second-order valence-corrected chi connectivity index (χ2v) is 6.14. The Kier molecular flexibility index (Phi) is 5.06. The minimum atomic E-state index is -0.474. The Morgan fingerprint density at radius 1 is 1.28 bits per heavy atom. The average Bonchev–Trinajstić information content (AvgIpc) is 2.92. The molecule has 0 spiro atoms. The van der Waals surface area contributed by atoms with Crippen LogP contribution < -0.4 is 0 Å². The van der Waals surface area contributed by atoms with Crippen LogP contribution in [0.3, 0.4) is 0 Å². The molecule has 0 saturated carbocycles. The van der Waals surface area contributed by atoms with E-state index in [4.69, 9.17) is 23.2 Å². The fourth-order valence-electron chi connectivity index (χ4n) is 2.44. The number of nitrogens with zero attached hydrogens (tertiary/aromatic N) is 2. The Morgan fingerprint density at radius 2 is 2.08 bits per heavy atom. The second kappa shape index (κ2) is 7.25. The molecule has 0 N–H and O–H groups in total. The van der Waals surface area contributed by atoms with Crippen LogP contribution in [0.2, 0.25) is 10.0 Å². The van der Waals surface area contributed by atoms with Gasteiger partial charge in [-0.05, 0) is 42.0 Å². The Labute approximate surface area is 153 Å². The van der Waals surface area contributed by atoms with Gasteiger partial charge in [-0.1, -0.05) is 29.3 Å². The molecule has 7 heteroatoms. The third-order valence-corrected chi connectivity index (χ3v) is 4.24. The molecule has 0 atom stereocenters. The molecule has 0 aliphatic rings. The number of aromatic nitrogens is 2. The summed E-state index contributed by atoms with van der Waals surface area (Å²) in [5.74, 6) is -0.873. The highest BCUT2D eigenvalue weighted by Crippen LogP contribution is 2.26. The van der Waals surface area contributed by atoms with Crippen molar-refractivity contribution in [2.45, 2.75) is 6.54 Å². The van der Waals surface area contributed by atoms with E-state index in [0.717, 1.165) is 16.5 Å². The fourth-order valence-corrected chi connectivity index (χ4v) is 2.84. The molecular formula is C18H13Cl2FN2O2. The highest BCUT2D eigenvalue weighted by Gasteiger charge is 2.12. The molecule has 1 aromatic heterocycles. The van der Waals surface area contributed by atoms with Crippen molar-refractivity contribution in [3.05, 3.63) is 69.6 Å². The smallest absolute Gasteiger partial charge is 0.330 e. The van der Waals surface area contributed by atoms with Crippen molar-refractivity contribution >= 4 is 46.2 Å². The lowest BCUT2D eigenvalue weighted by molar-refractivity contribution is -0.134. The molecule has 1 heterocycles. The summed E-state index contributed by atoms with van der Waals surface area (Å²) in [6.45, 7) is 0.335. The number of carbonyl (C=O) groups is 1. The maximum absolute atomic E-state index is 13.2. The van der Waals surface area contributed by atoms with Crippen molar-refractivity contribution in [1.82, 2.24) is 9.78 Å². The number of ether oxygens (including phenoxy) is 1. The van der Waals surface area contributed by atoms with Crippen LogP contribution in [0.15, 0.2) is 42.5 Å². The minimum absolute atomic E-state index is 0.317. The molecule has 0 fully saturated rings. The summed E-state index contributed by atoms with van der Waals surface area (Å²) >= 11 is 12.2. The summed E-state index contributed by atoms with van der Waals surface area (Å²) < 4.78 is 19.5. The summed E-state index contributed by atoms with van der Waals surface area (Å²) in [7, 11) is 1.31. The van der Waals surface area contributed by atoms with Crippen LogP contribution in [0.5, 0.6) is 0 Å². The summed E-state index contributed by atoms with van der Waals surface area (Å²) in [6.07, 6.45) is 2.87. The molecule has 0 aliphatic carbocycles. The lowest BCUT2D eigenvalue weighted by atomic mass is 10.2. The van der Waals surface area contributed by atoms with Gasteiger partial charge in [0.2, 0.25) is 0 Å². The van der Waals surface area contributed by atoms with Gasteiger partial charge in [-0.2, -0.15) is 5.10 Å². The molecule has 0 radical (unpaired) electrons. The zero-order valence-electron chi connectivity index (χ0n) is 13.2. The van der Waals surface area contributed by atoms with Gasteiger partial charge in [0.1, 0.15) is 5.82 Å². The van der Waals surface area contributed by atoms with Crippen molar-refractivity contribution in [1.29, 1.82) is 0 Å². The lowest BCUT2D eigenvalue weighted by Crippen LogP contribution is -2.02. The Bertz CT molecular complexity index is 983. The zero-order valence-corrected chi connectivity index (χ0v) is 14.7. The molecule has 3 rings (SSSR count). The number of hydrogen-bond donors (Lipinski definition) is 0. The Balaban J connectivity index is 2.06. The molecular weight excluding hydrogens is 366 g/mol. The van der Waals surface area contributed by atoms with Gasteiger partial charge in [0.15, 0.2) is 0 Å². The largest absolute Gasteiger partial charge is 0.466 e. The van der Waals surface area contributed by atoms with E-state index in [1.165, 1.54) is 25.3 Å². The number of carbonyl (C=O) groups excluding carboxylic acids is 1. The molecule has 4 nitrogen and oxygen atoms in total. The van der Waals surface area contributed by atoms with Crippen LogP contribution in [0.25, 0.3) is 17.0 Å². The molecule has 2 aromatic carbocycles. The van der Waals surface area contributed by atoms with Gasteiger partial charge in [0.25, 0.3) is 0 Å². The monoisotopic (exact) mass is 378 g/mol. The van der Waals surface area contributed by atoms with Gasteiger partial charge < -0.3 is 4.74 Å². The first kappa shape index (κ1) is 17.5. The molecule has 0 bridgehead atoms. The average molecular weight is 379 g/mol. The quantitative estimate of drug-likeness (QED) is 0.487. The first-order chi connectivity index (χ1) is 12.0. The van der Waals surface area contributed by atoms with Crippen LogP contribution in [0.1, 0.15) is 11.3 Å². The first-order valence-electron chi connectivity index (χ1n) is 7.34. The van der Waals surface area contributed by atoms with Crippen molar-refractivity contribution in [2.75, 3.05) is 7.11 Å². The predicted octanol–water partition coefficient (Wildman–Crippen LogP) is 4.72. The van der Waals surface area contributed by atoms with E-state index in [2.05, 4.69) is 9.84 Å². The molecule has 0 amide bonds. The van der Waals surface area contributed by atoms with E-state index >= 15 is 0 Å². The predicted molar refractivity (Wildman–Crippen MR) is 96.3 cm³/mol. The number of methoxy groups -OCH3 is 1. The third kappa shape index (κ3) is 3.83. The number of fused-ring (bicyclic) bond motifs is 1. The van der Waals surface area contributed by atoms with E-state index in [9.17, 15) is 9.18 Å². The van der Waals surface area contributed by atoms with Crippen molar-refractivity contribution in [3.8, 4) is 0 Å². The molecule has 0 saturated heterocycles. The third-order valence-electron chi connectivity index (χ3n) is 3.66. The van der Waals surface area contributed by atoms with Crippen molar-refractivity contribution < 1.29 is 13.9 Å². The van der Waals surface area contributed by atoms with E-state index in [1.807, 2.05) is 6.07 Å². The highest BCUT2D eigenvalue weighted by atomic mass is 35.5. The summed E-state index contributed by atoms with van der Waals surface area (Å²) in [4.78, 5) is 11.3. The van der Waals surface area contributed by atoms with Gasteiger partial charge in [-0.3, -0.25) is 4.68 Å². The van der Waals surface area contributed by atoms with E-state index in [1.54, 1.807) is 29.0 Å². The fraction of sp³-hybridized carbons (Fsp3) is 0.111. The van der Waals surface area contributed by atoms with Gasteiger partial charge in [-0.15, -0.1) is 0 Å². The SMILES string of the molecule is COC(=O)C=Cc1nn(Cc2ccc(F)cc2Cl)c2cc(Cl)ccc12. The van der Waals surface area contributed by atoms with Crippen LogP contribution >= 0.6 is 23.2 Å². The van der Waals surface area contributed by atoms with Crippen LogP contribution in [0, 0.1) is 5.82 Å². The van der Waals surface area contributed by atoms with Crippen LogP contribution in [-0.2, 0) is 16.1 Å². The summed E-state index contributed by atoms with van der Waals surface area (Å²) in [6, 6.07) is 9.56. The van der Waals surface area contributed by atoms with Crippen molar-refractivity contribution in [2.24, 2.45) is 0 Å². The summed E-state index contributed by atoms with van der Waals surface area (Å²) in [5.41, 5.74) is 2.09. The van der Waals surface area contributed by atoms with Crippen molar-refractivity contribution in [3.63, 3.8) is 0 Å². The lowest BCUT2D eigenvalue weighted by Gasteiger charge is -2.06. The second-order valence-electron chi connectivity index (χ2n) is 5.30. The van der Waals surface area contributed by atoms with Crippen LogP contribution in [0.4, 0.5) is 4.39 Å². The standard InChI is InChI=1S/C18H13Cl2FN2O2/c1-25-18(24)7-6-16-14-5-3-12(19)8-17(14)23(22-16)10-11-2-4-13(21)9-15(11)20/h2-9H,10H2,1H3. The molecule has 3 aromatic rings. The minimum Gasteiger partial charge on any atom is -0.466 e. The van der Waals surface area contributed by atoms with Gasteiger partial charge in [0, 0.05) is 21.5 Å². The van der Waals surface area contributed by atoms with E-state index in [0.29, 0.717) is 22.3 Å². The molecule has 0 aliphatic heterocycles. The van der Waals surface area contributed by atoms with E-state index in [-0.39, 0.29) is 0 Å². The molecule has 25 heavy (non-hydrogen) atoms. The molecule has 128 valence electrons.